The van der Waals surface area contributed by atoms with Crippen molar-refractivity contribution in [3.05, 3.63) is 34.3 Å². The second kappa shape index (κ2) is 6.38. The van der Waals surface area contributed by atoms with E-state index in [2.05, 4.69) is 11.0 Å². The summed E-state index contributed by atoms with van der Waals surface area (Å²) < 4.78 is 0. The van der Waals surface area contributed by atoms with Gasteiger partial charge in [-0.3, -0.25) is 0 Å². The topological polar surface area (TPSA) is 23.5 Å². The molecule has 1 aromatic rings. The van der Waals surface area contributed by atoms with E-state index in [1.807, 2.05) is 12.1 Å². The van der Waals surface area contributed by atoms with Gasteiger partial charge in [-0.15, -0.1) is 0 Å². The van der Waals surface area contributed by atoms with Gasteiger partial charge in [0.05, 0.1) is 6.10 Å². The number of rotatable bonds is 1. The van der Waals surface area contributed by atoms with Crippen molar-refractivity contribution in [2.75, 3.05) is 13.1 Å². The molecule has 1 unspecified atom stereocenters. The van der Waals surface area contributed by atoms with Crippen molar-refractivity contribution in [2.45, 2.75) is 69.9 Å². The van der Waals surface area contributed by atoms with E-state index in [9.17, 15) is 5.11 Å². The summed E-state index contributed by atoms with van der Waals surface area (Å²) in [5, 5.41) is 11.7. The molecule has 2 nitrogen and oxygen atoms in total. The van der Waals surface area contributed by atoms with Gasteiger partial charge in [0.25, 0.3) is 0 Å². The molecule has 1 aliphatic heterocycles. The fraction of sp³-hybridized carbons (Fsp3) is 0.700. The van der Waals surface area contributed by atoms with Gasteiger partial charge in [-0.2, -0.15) is 0 Å². The van der Waals surface area contributed by atoms with Gasteiger partial charge in [0.1, 0.15) is 0 Å². The number of fused-ring (bicyclic) bond motifs is 1. The Morgan fingerprint density at radius 3 is 2.43 bits per heavy atom. The lowest BCUT2D eigenvalue weighted by atomic mass is 9.69. The highest BCUT2D eigenvalue weighted by Gasteiger charge is 2.47. The van der Waals surface area contributed by atoms with Crippen LogP contribution < -0.4 is 0 Å². The first-order valence-electron chi connectivity index (χ1n) is 9.38. The van der Waals surface area contributed by atoms with Gasteiger partial charge in [0.15, 0.2) is 0 Å². The molecule has 1 spiro atoms. The van der Waals surface area contributed by atoms with Crippen LogP contribution >= 0.6 is 11.6 Å². The van der Waals surface area contributed by atoms with Crippen LogP contribution in [0.25, 0.3) is 0 Å². The Labute approximate surface area is 144 Å². The summed E-state index contributed by atoms with van der Waals surface area (Å²) in [7, 11) is 0. The first-order chi connectivity index (χ1) is 11.2. The molecule has 0 aromatic heterocycles. The fourth-order valence-corrected chi connectivity index (χ4v) is 5.45. The lowest BCUT2D eigenvalue weighted by Gasteiger charge is -2.43. The van der Waals surface area contributed by atoms with Crippen molar-refractivity contribution in [2.24, 2.45) is 5.41 Å². The highest BCUT2D eigenvalue weighted by Crippen LogP contribution is 2.54. The average Bonchev–Trinajstić information content (AvgIpc) is 2.75. The largest absolute Gasteiger partial charge is 0.388 e. The summed E-state index contributed by atoms with van der Waals surface area (Å²) in [6.07, 6.45) is 11.1. The van der Waals surface area contributed by atoms with E-state index in [1.165, 1.54) is 57.2 Å². The third kappa shape index (κ3) is 2.94. The molecule has 1 saturated carbocycles. The van der Waals surface area contributed by atoms with Crippen LogP contribution in [-0.4, -0.2) is 29.1 Å². The summed E-state index contributed by atoms with van der Waals surface area (Å²) in [5.41, 5.74) is 2.48. The molecule has 1 aromatic carbocycles. The van der Waals surface area contributed by atoms with Gasteiger partial charge in [0.2, 0.25) is 0 Å². The minimum absolute atomic E-state index is 0.0787. The van der Waals surface area contributed by atoms with Crippen molar-refractivity contribution < 1.29 is 5.11 Å². The molecule has 4 rings (SSSR count). The SMILES string of the molecule is OC1c2ccc(Cl)cc2CC12CCC(N1CCCCCC1)CC2. The molecule has 1 heterocycles. The maximum Gasteiger partial charge on any atom is 0.0852 e. The summed E-state index contributed by atoms with van der Waals surface area (Å²) in [5.74, 6) is 0. The summed E-state index contributed by atoms with van der Waals surface area (Å²) in [6.45, 7) is 2.58. The van der Waals surface area contributed by atoms with Gasteiger partial charge in [-0.1, -0.05) is 30.5 Å². The Balaban J connectivity index is 1.45. The van der Waals surface area contributed by atoms with E-state index in [4.69, 9.17) is 11.6 Å². The summed E-state index contributed by atoms with van der Waals surface area (Å²) >= 11 is 6.15. The number of aliphatic hydroxyl groups excluding tert-OH is 1. The Morgan fingerprint density at radius 2 is 1.74 bits per heavy atom. The number of hydrogen-bond acceptors (Lipinski definition) is 2. The lowest BCUT2D eigenvalue weighted by molar-refractivity contribution is -0.0116. The van der Waals surface area contributed by atoms with Gasteiger partial charge in [0, 0.05) is 16.5 Å². The molecule has 23 heavy (non-hydrogen) atoms. The van der Waals surface area contributed by atoms with Crippen LogP contribution in [0.4, 0.5) is 0 Å². The van der Waals surface area contributed by atoms with E-state index in [-0.39, 0.29) is 11.5 Å². The van der Waals surface area contributed by atoms with Crippen LogP contribution in [0.2, 0.25) is 5.02 Å². The average molecular weight is 334 g/mol. The van der Waals surface area contributed by atoms with Crippen molar-refractivity contribution in [3.63, 3.8) is 0 Å². The summed E-state index contributed by atoms with van der Waals surface area (Å²) in [4.78, 5) is 2.74. The van der Waals surface area contributed by atoms with Crippen molar-refractivity contribution in [1.29, 1.82) is 0 Å². The van der Waals surface area contributed by atoms with Crippen LogP contribution in [0, 0.1) is 5.41 Å². The second-order valence-electron chi connectivity index (χ2n) is 7.97. The van der Waals surface area contributed by atoms with E-state index < -0.39 is 0 Å². The Morgan fingerprint density at radius 1 is 1.04 bits per heavy atom. The Hall–Kier alpha value is -0.570. The first-order valence-corrected chi connectivity index (χ1v) is 9.76. The van der Waals surface area contributed by atoms with Crippen LogP contribution in [-0.2, 0) is 6.42 Å². The third-order valence-corrected chi connectivity index (χ3v) is 6.87. The quantitative estimate of drug-likeness (QED) is 0.802. The third-order valence-electron chi connectivity index (χ3n) is 6.63. The molecule has 126 valence electrons. The smallest absolute Gasteiger partial charge is 0.0852 e. The van der Waals surface area contributed by atoms with E-state index in [1.54, 1.807) is 0 Å². The highest BCUT2D eigenvalue weighted by molar-refractivity contribution is 6.30. The summed E-state index contributed by atoms with van der Waals surface area (Å²) in [6, 6.07) is 6.78. The van der Waals surface area contributed by atoms with Gasteiger partial charge < -0.3 is 10.0 Å². The zero-order valence-corrected chi connectivity index (χ0v) is 14.7. The zero-order valence-electron chi connectivity index (χ0n) is 13.9. The molecule has 3 aliphatic rings. The Kier molecular flexibility index (Phi) is 4.42. The molecule has 1 N–H and O–H groups in total. The number of likely N-dealkylation sites (tertiary alicyclic amines) is 1. The molecule has 3 heteroatoms. The molecule has 0 bridgehead atoms. The first kappa shape index (κ1) is 15.9. The molecule has 0 radical (unpaired) electrons. The van der Waals surface area contributed by atoms with Crippen LogP contribution in [0.15, 0.2) is 18.2 Å². The highest BCUT2D eigenvalue weighted by atomic mass is 35.5. The zero-order chi connectivity index (χ0) is 15.9. The van der Waals surface area contributed by atoms with Gasteiger partial charge in [-0.25, -0.2) is 0 Å². The normalized spacial score (nSPS) is 35.2. The number of nitrogens with zero attached hydrogens (tertiary/aromatic N) is 1. The molecule has 1 atom stereocenters. The minimum atomic E-state index is -0.292. The number of benzene rings is 1. The van der Waals surface area contributed by atoms with E-state index >= 15 is 0 Å². The number of halogens is 1. The molecule has 1 saturated heterocycles. The van der Waals surface area contributed by atoms with Crippen LogP contribution in [0.3, 0.4) is 0 Å². The predicted molar refractivity (Wildman–Crippen MR) is 94.8 cm³/mol. The van der Waals surface area contributed by atoms with E-state index in [0.29, 0.717) is 0 Å². The molecule has 2 aliphatic carbocycles. The standard InChI is InChI=1S/C20H28ClNO/c21-16-5-6-18-15(13-16)14-20(19(18)23)9-7-17(8-10-20)22-11-3-1-2-4-12-22/h5-6,13,17,19,23H,1-4,7-12,14H2. The van der Waals surface area contributed by atoms with Crippen LogP contribution in [0.5, 0.6) is 0 Å². The molecular formula is C20H28ClNO. The van der Waals surface area contributed by atoms with Crippen molar-refractivity contribution in [3.8, 4) is 0 Å². The maximum absolute atomic E-state index is 10.9. The molecule has 2 fully saturated rings. The number of aliphatic hydroxyl groups is 1. The monoisotopic (exact) mass is 333 g/mol. The molecular weight excluding hydrogens is 306 g/mol. The van der Waals surface area contributed by atoms with Crippen LogP contribution in [0.1, 0.15) is 68.6 Å². The fourth-order valence-electron chi connectivity index (χ4n) is 5.25. The van der Waals surface area contributed by atoms with E-state index in [0.717, 1.165) is 35.9 Å². The number of hydrogen-bond donors (Lipinski definition) is 1. The minimum Gasteiger partial charge on any atom is -0.388 e. The van der Waals surface area contributed by atoms with Gasteiger partial charge >= 0.3 is 0 Å². The second-order valence-corrected chi connectivity index (χ2v) is 8.40. The maximum atomic E-state index is 10.9. The van der Waals surface area contributed by atoms with Crippen molar-refractivity contribution >= 4 is 11.6 Å². The van der Waals surface area contributed by atoms with Crippen molar-refractivity contribution in [1.82, 2.24) is 4.90 Å². The Bertz CT molecular complexity index is 557. The molecule has 0 amide bonds. The lowest BCUT2D eigenvalue weighted by Crippen LogP contribution is -2.42. The predicted octanol–water partition coefficient (Wildman–Crippen LogP) is 4.73. The van der Waals surface area contributed by atoms with Gasteiger partial charge in [-0.05, 0) is 81.3 Å².